The third-order valence-electron chi connectivity index (χ3n) is 3.39. The Hall–Kier alpha value is -1.42. The van der Waals surface area contributed by atoms with Gasteiger partial charge >= 0.3 is 0 Å². The summed E-state index contributed by atoms with van der Waals surface area (Å²) in [5, 5.41) is 0. The maximum absolute atomic E-state index is 11.8. The van der Waals surface area contributed by atoms with Gasteiger partial charge in [-0.15, -0.1) is 0 Å². The molecule has 110 valence electrons. The summed E-state index contributed by atoms with van der Waals surface area (Å²) in [6.45, 7) is 9.06. The van der Waals surface area contributed by atoms with Gasteiger partial charge in [0.1, 0.15) is 0 Å². The van der Waals surface area contributed by atoms with Crippen molar-refractivity contribution in [2.45, 2.75) is 39.5 Å². The molecule has 1 aromatic rings. The molecule has 0 atom stereocenters. The number of Topliss-reactive ketones (excluding diaryl/α,β-unsaturated/α-hetero) is 1. The van der Waals surface area contributed by atoms with Crippen LogP contribution in [0.4, 0.5) is 0 Å². The predicted octanol–water partition coefficient (Wildman–Crippen LogP) is 3.50. The van der Waals surface area contributed by atoms with E-state index in [1.165, 1.54) is 0 Å². The first-order valence-electron chi connectivity index (χ1n) is 6.75. The van der Waals surface area contributed by atoms with Crippen LogP contribution >= 0.6 is 0 Å². The van der Waals surface area contributed by atoms with Crippen LogP contribution in [0.2, 0.25) is 0 Å². The number of hydrogen-bond acceptors (Lipinski definition) is 3. The Morgan fingerprint density at radius 3 is 1.95 bits per heavy atom. The van der Waals surface area contributed by atoms with Crippen LogP contribution in [0.5, 0.6) is 0 Å². The Morgan fingerprint density at radius 1 is 1.10 bits per heavy atom. The van der Waals surface area contributed by atoms with Crippen LogP contribution < -0.4 is 0 Å². The number of carbonyl (C=O) groups is 1. The van der Waals surface area contributed by atoms with E-state index in [1.54, 1.807) is 38.1 Å². The summed E-state index contributed by atoms with van der Waals surface area (Å²) >= 11 is 0. The minimum Gasteiger partial charge on any atom is -0.295 e. The molecule has 3 nitrogen and oxygen atoms in total. The van der Waals surface area contributed by atoms with Crippen molar-refractivity contribution >= 4 is 21.2 Å². The van der Waals surface area contributed by atoms with Crippen molar-refractivity contribution in [2.75, 3.05) is 5.75 Å². The highest BCUT2D eigenvalue weighted by Gasteiger charge is 2.15. The van der Waals surface area contributed by atoms with E-state index < -0.39 is 9.84 Å². The summed E-state index contributed by atoms with van der Waals surface area (Å²) in [4.78, 5) is 12.0. The van der Waals surface area contributed by atoms with E-state index in [1.807, 2.05) is 20.8 Å². The molecule has 0 bridgehead atoms. The summed E-state index contributed by atoms with van der Waals surface area (Å²) in [5.41, 5.74) is 2.59. The van der Waals surface area contributed by atoms with Gasteiger partial charge in [-0.25, -0.2) is 8.42 Å². The first kappa shape index (κ1) is 16.6. The molecule has 0 amide bonds. The fourth-order valence-corrected chi connectivity index (χ4v) is 3.22. The quantitative estimate of drug-likeness (QED) is 0.781. The summed E-state index contributed by atoms with van der Waals surface area (Å²) in [6, 6.07) is 6.75. The average Bonchev–Trinajstić information content (AvgIpc) is 2.38. The zero-order chi connectivity index (χ0) is 15.5. The second kappa shape index (κ2) is 6.35. The van der Waals surface area contributed by atoms with Crippen LogP contribution in [0, 0.1) is 5.92 Å². The lowest BCUT2D eigenvalue weighted by Gasteiger charge is -2.13. The van der Waals surface area contributed by atoms with Crippen molar-refractivity contribution in [3.8, 4) is 0 Å². The monoisotopic (exact) mass is 294 g/mol. The normalized spacial score (nSPS) is 13.3. The number of ketones is 1. The van der Waals surface area contributed by atoms with Gasteiger partial charge in [-0.05, 0) is 43.0 Å². The molecular weight excluding hydrogens is 272 g/mol. The lowest BCUT2D eigenvalue weighted by molar-refractivity contribution is -0.113. The highest BCUT2D eigenvalue weighted by Crippen LogP contribution is 2.25. The Bertz CT molecular complexity index is 620. The van der Waals surface area contributed by atoms with E-state index in [-0.39, 0.29) is 17.5 Å². The lowest BCUT2D eigenvalue weighted by Crippen LogP contribution is -2.07. The molecule has 0 aromatic heterocycles. The van der Waals surface area contributed by atoms with Gasteiger partial charge in [-0.3, -0.25) is 4.79 Å². The predicted molar refractivity (Wildman–Crippen MR) is 82.3 cm³/mol. The van der Waals surface area contributed by atoms with E-state index in [0.717, 1.165) is 16.7 Å². The van der Waals surface area contributed by atoms with Crippen molar-refractivity contribution in [1.29, 1.82) is 0 Å². The van der Waals surface area contributed by atoms with Crippen molar-refractivity contribution in [1.82, 2.24) is 0 Å². The van der Waals surface area contributed by atoms with Crippen LogP contribution in [0.25, 0.3) is 5.57 Å². The summed E-state index contributed by atoms with van der Waals surface area (Å²) < 4.78 is 23.5. The van der Waals surface area contributed by atoms with Gasteiger partial charge in [0.2, 0.25) is 0 Å². The highest BCUT2D eigenvalue weighted by atomic mass is 32.2. The van der Waals surface area contributed by atoms with E-state index in [9.17, 15) is 13.2 Å². The number of carbonyl (C=O) groups excluding carboxylic acids is 1. The second-order valence-corrected chi connectivity index (χ2v) is 7.46. The van der Waals surface area contributed by atoms with E-state index >= 15 is 0 Å². The van der Waals surface area contributed by atoms with Crippen molar-refractivity contribution in [2.24, 2.45) is 5.92 Å². The molecule has 0 saturated carbocycles. The van der Waals surface area contributed by atoms with Gasteiger partial charge in [-0.2, -0.15) is 0 Å². The van der Waals surface area contributed by atoms with Crippen molar-refractivity contribution < 1.29 is 13.2 Å². The summed E-state index contributed by atoms with van der Waals surface area (Å²) in [5.74, 6) is 0.292. The maximum atomic E-state index is 11.8. The molecule has 0 heterocycles. The molecule has 0 aliphatic rings. The summed E-state index contributed by atoms with van der Waals surface area (Å²) in [6.07, 6.45) is 0. The van der Waals surface area contributed by atoms with Crippen LogP contribution in [0.1, 0.15) is 40.2 Å². The standard InChI is InChI=1S/C16H22O3S/c1-6-20(18,19)15-9-7-14(8-10-15)12(4)16(11(2)3)13(5)17/h7-11H,6H2,1-5H3. The maximum Gasteiger partial charge on any atom is 0.178 e. The molecule has 0 aliphatic carbocycles. The zero-order valence-electron chi connectivity index (χ0n) is 12.7. The molecule has 0 spiro atoms. The van der Waals surface area contributed by atoms with Crippen LogP contribution in [0.15, 0.2) is 34.7 Å². The van der Waals surface area contributed by atoms with Gasteiger partial charge in [0.05, 0.1) is 10.6 Å². The number of hydrogen-bond donors (Lipinski definition) is 0. The van der Waals surface area contributed by atoms with Crippen molar-refractivity contribution in [3.63, 3.8) is 0 Å². The van der Waals surface area contributed by atoms with Crippen LogP contribution in [-0.4, -0.2) is 20.0 Å². The summed E-state index contributed by atoms with van der Waals surface area (Å²) in [7, 11) is -3.18. The Balaban J connectivity index is 3.29. The molecule has 0 N–H and O–H groups in total. The topological polar surface area (TPSA) is 51.2 Å². The highest BCUT2D eigenvalue weighted by molar-refractivity contribution is 7.91. The first-order chi connectivity index (χ1) is 9.20. The second-order valence-electron chi connectivity index (χ2n) is 5.18. The van der Waals surface area contributed by atoms with Gasteiger partial charge in [0.15, 0.2) is 15.6 Å². The minimum atomic E-state index is -3.18. The van der Waals surface area contributed by atoms with E-state index in [4.69, 9.17) is 0 Å². The third kappa shape index (κ3) is 3.57. The molecule has 20 heavy (non-hydrogen) atoms. The molecule has 4 heteroatoms. The molecule has 1 aromatic carbocycles. The SMILES string of the molecule is CCS(=O)(=O)c1ccc(C(C)=C(C(C)=O)C(C)C)cc1. The molecule has 0 saturated heterocycles. The average molecular weight is 294 g/mol. The van der Waals surface area contributed by atoms with Crippen LogP contribution in [-0.2, 0) is 14.6 Å². The smallest absolute Gasteiger partial charge is 0.178 e. The Labute approximate surface area is 121 Å². The Kier molecular flexibility index (Phi) is 5.28. The van der Waals surface area contributed by atoms with Gasteiger partial charge in [0.25, 0.3) is 0 Å². The lowest BCUT2D eigenvalue weighted by atomic mass is 9.91. The van der Waals surface area contributed by atoms with Gasteiger partial charge in [0, 0.05) is 5.57 Å². The minimum absolute atomic E-state index is 0.0581. The largest absolute Gasteiger partial charge is 0.295 e. The number of allylic oxidation sites excluding steroid dienone is 2. The number of rotatable bonds is 5. The first-order valence-corrected chi connectivity index (χ1v) is 8.40. The fraction of sp³-hybridized carbons (Fsp3) is 0.438. The fourth-order valence-electron chi connectivity index (χ4n) is 2.34. The number of benzene rings is 1. The number of sulfone groups is 1. The Morgan fingerprint density at radius 2 is 1.60 bits per heavy atom. The molecule has 0 aliphatic heterocycles. The van der Waals surface area contributed by atoms with Crippen LogP contribution in [0.3, 0.4) is 0 Å². The van der Waals surface area contributed by atoms with E-state index in [2.05, 4.69) is 0 Å². The molecule has 0 radical (unpaired) electrons. The zero-order valence-corrected chi connectivity index (χ0v) is 13.5. The molecular formula is C16H22O3S. The third-order valence-corrected chi connectivity index (χ3v) is 5.14. The molecule has 0 fully saturated rings. The molecule has 1 rings (SSSR count). The van der Waals surface area contributed by atoms with E-state index in [0.29, 0.717) is 4.90 Å². The van der Waals surface area contributed by atoms with Gasteiger partial charge < -0.3 is 0 Å². The van der Waals surface area contributed by atoms with Crippen molar-refractivity contribution in [3.05, 3.63) is 35.4 Å². The molecule has 0 unspecified atom stereocenters. The van der Waals surface area contributed by atoms with Gasteiger partial charge in [-0.1, -0.05) is 32.9 Å².